The minimum absolute atomic E-state index is 0.00975. The van der Waals surface area contributed by atoms with Crippen LogP contribution in [0.15, 0.2) is 115 Å². The minimum atomic E-state index is -0.381. The smallest absolute Gasteiger partial charge is 0.240 e. The summed E-state index contributed by atoms with van der Waals surface area (Å²) in [5.41, 5.74) is 4.45. The number of amides is 1. The van der Waals surface area contributed by atoms with Crippen LogP contribution >= 0.6 is 0 Å². The Hall–Kier alpha value is -3.80. The molecule has 2 atom stereocenters. The second kappa shape index (κ2) is 12.2. The Labute approximate surface area is 224 Å². The molecule has 38 heavy (non-hydrogen) atoms. The van der Waals surface area contributed by atoms with Crippen molar-refractivity contribution in [2.24, 2.45) is 0 Å². The fourth-order valence-corrected chi connectivity index (χ4v) is 5.62. The molecule has 0 spiro atoms. The van der Waals surface area contributed by atoms with Crippen LogP contribution in [-0.2, 0) is 4.79 Å². The maximum Gasteiger partial charge on any atom is 0.240 e. The molecule has 1 saturated heterocycles. The maximum absolute atomic E-state index is 14.0. The number of carbonyl (C=O) groups is 1. The van der Waals surface area contributed by atoms with Crippen LogP contribution < -0.4 is 5.32 Å². The normalized spacial score (nSPS) is 15.8. The first kappa shape index (κ1) is 25.8. The summed E-state index contributed by atoms with van der Waals surface area (Å²) in [6, 6.07) is 37.2. The second-order valence-corrected chi connectivity index (χ2v) is 9.79. The first-order valence-corrected chi connectivity index (χ1v) is 13.3. The Morgan fingerprint density at radius 3 is 1.58 bits per heavy atom. The predicted molar refractivity (Wildman–Crippen MR) is 150 cm³/mol. The summed E-state index contributed by atoms with van der Waals surface area (Å²) < 4.78 is 13.7. The van der Waals surface area contributed by atoms with Crippen molar-refractivity contribution in [3.8, 4) is 0 Å². The van der Waals surface area contributed by atoms with E-state index in [-0.39, 0.29) is 29.7 Å². The second-order valence-electron chi connectivity index (χ2n) is 9.79. The van der Waals surface area contributed by atoms with E-state index in [4.69, 9.17) is 0 Å². The third-order valence-corrected chi connectivity index (χ3v) is 7.52. The highest BCUT2D eigenvalue weighted by Crippen LogP contribution is 2.32. The molecule has 0 aromatic heterocycles. The summed E-state index contributed by atoms with van der Waals surface area (Å²) in [6.07, 6.45) is 0. The molecule has 5 heteroatoms. The van der Waals surface area contributed by atoms with E-state index in [1.807, 2.05) is 78.7 Å². The standard InChI is InChI=1S/C33H34FN3O/c1-35-31(30(25-11-5-2-6-12-25)26-13-7-3-8-14-26)33(38)37-23-21-36(22-24-37)32(27-15-9-4-10-16-27)28-17-19-29(34)20-18-28/h2-20,30-32,35H,21-24H2,1H3. The molecule has 0 bridgehead atoms. The molecule has 194 valence electrons. The fourth-order valence-electron chi connectivity index (χ4n) is 5.62. The van der Waals surface area contributed by atoms with Gasteiger partial charge < -0.3 is 10.2 Å². The van der Waals surface area contributed by atoms with E-state index < -0.39 is 0 Å². The number of nitrogens with one attached hydrogen (secondary N) is 1. The largest absolute Gasteiger partial charge is 0.339 e. The average Bonchev–Trinajstić information content (AvgIpc) is 2.98. The van der Waals surface area contributed by atoms with Crippen LogP contribution in [0.25, 0.3) is 0 Å². The SMILES string of the molecule is CNC(C(=O)N1CCN(C(c2ccccc2)c2ccc(F)cc2)CC1)C(c1ccccc1)c1ccccc1. The van der Waals surface area contributed by atoms with Gasteiger partial charge in [-0.1, -0.05) is 103 Å². The molecule has 1 amide bonds. The monoisotopic (exact) mass is 507 g/mol. The van der Waals surface area contributed by atoms with Crippen LogP contribution in [0.5, 0.6) is 0 Å². The number of likely N-dealkylation sites (N-methyl/N-ethyl adjacent to an activating group) is 1. The molecule has 4 nitrogen and oxygen atoms in total. The van der Waals surface area contributed by atoms with Crippen molar-refractivity contribution in [1.29, 1.82) is 0 Å². The third kappa shape index (κ3) is 5.69. The lowest BCUT2D eigenvalue weighted by Gasteiger charge is -2.41. The van der Waals surface area contributed by atoms with Crippen LogP contribution in [0.2, 0.25) is 0 Å². The number of benzene rings is 4. The van der Waals surface area contributed by atoms with Crippen LogP contribution in [0, 0.1) is 5.82 Å². The summed E-state index contributed by atoms with van der Waals surface area (Å²) in [5.74, 6) is -0.215. The van der Waals surface area contributed by atoms with E-state index in [1.54, 1.807) is 0 Å². The average molecular weight is 508 g/mol. The van der Waals surface area contributed by atoms with E-state index in [0.29, 0.717) is 13.1 Å². The van der Waals surface area contributed by atoms with Crippen molar-refractivity contribution >= 4 is 5.91 Å². The zero-order chi connectivity index (χ0) is 26.3. The summed E-state index contributed by atoms with van der Waals surface area (Å²) in [7, 11) is 1.87. The van der Waals surface area contributed by atoms with Gasteiger partial charge in [0.05, 0.1) is 12.1 Å². The van der Waals surface area contributed by atoms with Crippen molar-refractivity contribution < 1.29 is 9.18 Å². The van der Waals surface area contributed by atoms with E-state index in [9.17, 15) is 9.18 Å². The van der Waals surface area contributed by atoms with Crippen LogP contribution in [-0.4, -0.2) is 55.0 Å². The molecule has 0 radical (unpaired) electrons. The van der Waals surface area contributed by atoms with Crippen LogP contribution in [0.4, 0.5) is 4.39 Å². The maximum atomic E-state index is 14.0. The van der Waals surface area contributed by atoms with Gasteiger partial charge in [0.1, 0.15) is 5.82 Å². The first-order chi connectivity index (χ1) is 18.7. The van der Waals surface area contributed by atoms with Gasteiger partial charge >= 0.3 is 0 Å². The van der Waals surface area contributed by atoms with Crippen molar-refractivity contribution in [2.75, 3.05) is 33.2 Å². The quantitative estimate of drug-likeness (QED) is 0.343. The Bertz CT molecular complexity index is 1250. The molecule has 1 fully saturated rings. The summed E-state index contributed by atoms with van der Waals surface area (Å²) in [4.78, 5) is 18.4. The highest BCUT2D eigenvalue weighted by atomic mass is 19.1. The van der Waals surface area contributed by atoms with E-state index in [2.05, 4.69) is 46.6 Å². The number of carbonyl (C=O) groups excluding carboxylic acids is 1. The summed E-state index contributed by atoms with van der Waals surface area (Å²) >= 11 is 0. The van der Waals surface area contributed by atoms with Gasteiger partial charge in [-0.05, 0) is 41.4 Å². The van der Waals surface area contributed by atoms with E-state index in [1.165, 1.54) is 17.7 Å². The zero-order valence-corrected chi connectivity index (χ0v) is 21.7. The number of hydrogen-bond donors (Lipinski definition) is 1. The predicted octanol–water partition coefficient (Wildman–Crippen LogP) is 5.48. The molecule has 4 aromatic carbocycles. The van der Waals surface area contributed by atoms with Crippen molar-refractivity contribution in [2.45, 2.75) is 18.0 Å². The lowest BCUT2D eigenvalue weighted by atomic mass is 9.84. The van der Waals surface area contributed by atoms with Crippen LogP contribution in [0.3, 0.4) is 0 Å². The highest BCUT2D eigenvalue weighted by molar-refractivity contribution is 5.84. The van der Waals surface area contributed by atoms with Crippen molar-refractivity contribution in [3.05, 3.63) is 143 Å². The molecular formula is C33H34FN3O. The Morgan fingerprint density at radius 1 is 0.658 bits per heavy atom. The van der Waals surface area contributed by atoms with Crippen LogP contribution in [0.1, 0.15) is 34.2 Å². The molecule has 1 N–H and O–H groups in total. The van der Waals surface area contributed by atoms with Gasteiger partial charge in [-0.25, -0.2) is 4.39 Å². The molecule has 1 aliphatic heterocycles. The number of halogens is 1. The van der Waals surface area contributed by atoms with Gasteiger partial charge in [-0.3, -0.25) is 9.69 Å². The topological polar surface area (TPSA) is 35.6 Å². The summed E-state index contributed by atoms with van der Waals surface area (Å²) in [6.45, 7) is 2.75. The van der Waals surface area contributed by atoms with Crippen molar-refractivity contribution in [3.63, 3.8) is 0 Å². The van der Waals surface area contributed by atoms with Gasteiger partial charge in [0.25, 0.3) is 0 Å². The van der Waals surface area contributed by atoms with Gasteiger partial charge in [-0.15, -0.1) is 0 Å². The molecule has 1 heterocycles. The van der Waals surface area contributed by atoms with Gasteiger partial charge in [0.2, 0.25) is 5.91 Å². The van der Waals surface area contributed by atoms with E-state index in [0.717, 1.165) is 29.8 Å². The Kier molecular flexibility index (Phi) is 8.27. The molecule has 2 unspecified atom stereocenters. The zero-order valence-electron chi connectivity index (χ0n) is 21.7. The highest BCUT2D eigenvalue weighted by Gasteiger charge is 2.35. The lowest BCUT2D eigenvalue weighted by Crippen LogP contribution is -2.55. The van der Waals surface area contributed by atoms with Gasteiger partial charge in [0.15, 0.2) is 0 Å². The Balaban J connectivity index is 1.36. The lowest BCUT2D eigenvalue weighted by molar-refractivity contribution is -0.135. The van der Waals surface area contributed by atoms with Crippen molar-refractivity contribution in [1.82, 2.24) is 15.1 Å². The molecule has 0 saturated carbocycles. The number of hydrogen-bond acceptors (Lipinski definition) is 3. The molecule has 4 aromatic rings. The minimum Gasteiger partial charge on any atom is -0.339 e. The summed E-state index contributed by atoms with van der Waals surface area (Å²) in [5, 5.41) is 3.35. The molecular weight excluding hydrogens is 473 g/mol. The van der Waals surface area contributed by atoms with Gasteiger partial charge in [0, 0.05) is 32.1 Å². The Morgan fingerprint density at radius 2 is 1.11 bits per heavy atom. The third-order valence-electron chi connectivity index (χ3n) is 7.52. The number of piperazine rings is 1. The number of rotatable bonds is 8. The molecule has 1 aliphatic rings. The number of nitrogens with zero attached hydrogens (tertiary/aromatic N) is 2. The molecule has 5 rings (SSSR count). The first-order valence-electron chi connectivity index (χ1n) is 13.3. The van der Waals surface area contributed by atoms with Gasteiger partial charge in [-0.2, -0.15) is 0 Å². The van der Waals surface area contributed by atoms with E-state index >= 15 is 0 Å². The fraction of sp³-hybridized carbons (Fsp3) is 0.242. The molecule has 0 aliphatic carbocycles.